The van der Waals surface area contributed by atoms with Gasteiger partial charge in [-0.15, -0.1) is 0 Å². The first-order valence-electron chi connectivity index (χ1n) is 5.66. The van der Waals surface area contributed by atoms with Crippen LogP contribution in [0.1, 0.15) is 53.4 Å². The molecule has 12 heavy (non-hydrogen) atoms. The van der Waals surface area contributed by atoms with Crippen LogP contribution >= 0.6 is 0 Å². The summed E-state index contributed by atoms with van der Waals surface area (Å²) < 4.78 is 0. The highest BCUT2D eigenvalue weighted by molar-refractivity contribution is 6.57. The zero-order valence-corrected chi connectivity index (χ0v) is 9.19. The van der Waals surface area contributed by atoms with Crippen LogP contribution in [0.5, 0.6) is 0 Å². The van der Waals surface area contributed by atoms with Crippen LogP contribution in [0.4, 0.5) is 0 Å². The molecule has 0 radical (unpaired) electrons. The van der Waals surface area contributed by atoms with Crippen LogP contribution in [0.15, 0.2) is 0 Å². The Morgan fingerprint density at radius 3 is 1.92 bits per heavy atom. The van der Waals surface area contributed by atoms with Crippen molar-refractivity contribution < 1.29 is 0 Å². The summed E-state index contributed by atoms with van der Waals surface area (Å²) in [5.74, 6) is 1.97. The maximum atomic E-state index is 2.39. The average Bonchev–Trinajstić information content (AvgIpc) is 2.65. The summed E-state index contributed by atoms with van der Waals surface area (Å²) in [5, 5.41) is 0.789. The monoisotopic (exact) mass is 166 g/mol. The Bertz CT molecular complexity index is 134. The van der Waals surface area contributed by atoms with Gasteiger partial charge in [-0.1, -0.05) is 70.4 Å². The van der Waals surface area contributed by atoms with E-state index in [4.69, 9.17) is 0 Å². The first-order valence-corrected chi connectivity index (χ1v) is 5.66. The predicted molar refractivity (Wildman–Crippen MR) is 58.2 cm³/mol. The maximum absolute atomic E-state index is 2.39. The normalized spacial score (nSPS) is 25.6. The molecule has 0 N–H and O–H groups in total. The van der Waals surface area contributed by atoms with Gasteiger partial charge >= 0.3 is 0 Å². The molecule has 0 saturated carbocycles. The molecule has 0 aromatic carbocycles. The van der Waals surface area contributed by atoms with Crippen molar-refractivity contribution in [2.45, 2.75) is 64.5 Å². The summed E-state index contributed by atoms with van der Waals surface area (Å²) in [5.41, 5.74) is 0. The molecule has 1 atom stereocenters. The van der Waals surface area contributed by atoms with Gasteiger partial charge in [0.1, 0.15) is 7.28 Å². The number of hydrogen-bond acceptors (Lipinski definition) is 0. The lowest BCUT2D eigenvalue weighted by atomic mass is 9.80. The second kappa shape index (κ2) is 3.85. The van der Waals surface area contributed by atoms with Crippen molar-refractivity contribution in [2.24, 2.45) is 5.92 Å². The van der Waals surface area contributed by atoms with Gasteiger partial charge in [-0.2, -0.15) is 0 Å². The van der Waals surface area contributed by atoms with Crippen LogP contribution in [-0.4, -0.2) is 7.28 Å². The minimum Gasteiger partial charge on any atom is -0.0654 e. The third-order valence-corrected chi connectivity index (χ3v) is 3.55. The Balaban J connectivity index is 2.43. The summed E-state index contributed by atoms with van der Waals surface area (Å²) in [6.45, 7) is 9.43. The quantitative estimate of drug-likeness (QED) is 0.547. The van der Waals surface area contributed by atoms with Crippen LogP contribution in [0.3, 0.4) is 0 Å². The summed E-state index contributed by atoms with van der Waals surface area (Å²) in [6.07, 6.45) is 5.71. The van der Waals surface area contributed by atoms with Crippen LogP contribution in [0, 0.1) is 5.92 Å². The highest BCUT2D eigenvalue weighted by Gasteiger charge is 2.54. The Labute approximate surface area is 78.4 Å². The van der Waals surface area contributed by atoms with Crippen LogP contribution in [0.25, 0.3) is 0 Å². The van der Waals surface area contributed by atoms with Crippen LogP contribution in [0.2, 0.25) is 11.1 Å². The van der Waals surface area contributed by atoms with Gasteiger partial charge in [0, 0.05) is 0 Å². The fourth-order valence-corrected chi connectivity index (χ4v) is 3.02. The van der Waals surface area contributed by atoms with Crippen molar-refractivity contribution in [2.75, 3.05) is 0 Å². The SMILES string of the molecule is CCCC1(CCC)BC1C(C)C. The van der Waals surface area contributed by atoms with Crippen molar-refractivity contribution in [1.29, 1.82) is 0 Å². The molecule has 1 heteroatoms. The first-order chi connectivity index (χ1) is 5.66. The molecule has 0 nitrogen and oxygen atoms in total. The molecule has 1 saturated heterocycles. The fraction of sp³-hybridized carbons (Fsp3) is 1.00. The summed E-state index contributed by atoms with van der Waals surface area (Å²) in [4.78, 5) is 0. The molecule has 0 bridgehead atoms. The van der Waals surface area contributed by atoms with E-state index in [1.807, 2.05) is 0 Å². The largest absolute Gasteiger partial charge is 0.131 e. The molecular weight excluding hydrogens is 143 g/mol. The number of rotatable bonds is 5. The molecule has 1 aliphatic heterocycles. The molecule has 70 valence electrons. The van der Waals surface area contributed by atoms with E-state index in [2.05, 4.69) is 27.7 Å². The van der Waals surface area contributed by atoms with Crippen LogP contribution < -0.4 is 0 Å². The Morgan fingerprint density at radius 1 is 1.17 bits per heavy atom. The van der Waals surface area contributed by atoms with E-state index in [0.29, 0.717) is 0 Å². The molecule has 1 unspecified atom stereocenters. The van der Waals surface area contributed by atoms with E-state index in [1.165, 1.54) is 33.0 Å². The first kappa shape index (κ1) is 10.1. The second-order valence-corrected chi connectivity index (χ2v) is 4.92. The van der Waals surface area contributed by atoms with Gasteiger partial charge in [-0.05, 0) is 0 Å². The summed E-state index contributed by atoms with van der Waals surface area (Å²) in [7, 11) is 1.52. The second-order valence-electron chi connectivity index (χ2n) is 4.92. The highest BCUT2D eigenvalue weighted by atomic mass is 14.4. The maximum Gasteiger partial charge on any atom is 0.131 e. The molecule has 1 heterocycles. The van der Waals surface area contributed by atoms with Crippen molar-refractivity contribution in [3.8, 4) is 0 Å². The Hall–Kier alpha value is 0.0649. The lowest BCUT2D eigenvalue weighted by molar-refractivity contribution is 0.457. The molecule has 0 aromatic rings. The predicted octanol–water partition coefficient (Wildman–Crippen LogP) is 3.64. The van der Waals surface area contributed by atoms with E-state index in [0.717, 1.165) is 17.0 Å². The molecule has 1 aliphatic rings. The molecule has 0 aromatic heterocycles. The highest BCUT2D eigenvalue weighted by Crippen LogP contribution is 2.66. The zero-order valence-electron chi connectivity index (χ0n) is 9.19. The molecule has 0 amide bonds. The standard InChI is InChI=1S/C11H23B/c1-5-7-11(8-6-2)10(12-11)9(3)4/h9-10,12H,5-8H2,1-4H3. The van der Waals surface area contributed by atoms with E-state index in [-0.39, 0.29) is 0 Å². The summed E-state index contributed by atoms with van der Waals surface area (Å²) >= 11 is 0. The van der Waals surface area contributed by atoms with Crippen molar-refractivity contribution >= 4 is 7.28 Å². The van der Waals surface area contributed by atoms with Gasteiger partial charge in [0.2, 0.25) is 0 Å². The molecular formula is C11H23B. The lowest BCUT2D eigenvalue weighted by Gasteiger charge is -2.18. The molecule has 0 spiro atoms. The molecule has 1 rings (SSSR count). The number of hydrogen-bond donors (Lipinski definition) is 0. The third-order valence-electron chi connectivity index (χ3n) is 3.55. The minimum atomic E-state index is 0.789. The van der Waals surface area contributed by atoms with E-state index in [9.17, 15) is 0 Å². The van der Waals surface area contributed by atoms with E-state index < -0.39 is 0 Å². The van der Waals surface area contributed by atoms with Gasteiger partial charge in [0.15, 0.2) is 0 Å². The lowest BCUT2D eigenvalue weighted by Crippen LogP contribution is -1.97. The topological polar surface area (TPSA) is 0 Å². The Kier molecular flexibility index (Phi) is 3.26. The van der Waals surface area contributed by atoms with Gasteiger partial charge in [-0.3, -0.25) is 0 Å². The van der Waals surface area contributed by atoms with E-state index >= 15 is 0 Å². The minimum absolute atomic E-state index is 0.789. The fourth-order valence-electron chi connectivity index (χ4n) is 3.02. The van der Waals surface area contributed by atoms with Crippen LogP contribution in [-0.2, 0) is 0 Å². The van der Waals surface area contributed by atoms with Gasteiger partial charge < -0.3 is 0 Å². The van der Waals surface area contributed by atoms with Gasteiger partial charge in [0.05, 0.1) is 0 Å². The zero-order chi connectivity index (χ0) is 9.19. The van der Waals surface area contributed by atoms with Crippen molar-refractivity contribution in [1.82, 2.24) is 0 Å². The average molecular weight is 166 g/mol. The molecule has 0 aliphatic carbocycles. The van der Waals surface area contributed by atoms with Crippen molar-refractivity contribution in [3.05, 3.63) is 0 Å². The third kappa shape index (κ3) is 1.86. The smallest absolute Gasteiger partial charge is 0.0654 e. The Morgan fingerprint density at radius 2 is 1.67 bits per heavy atom. The molecule has 1 fully saturated rings. The van der Waals surface area contributed by atoms with Gasteiger partial charge in [0.25, 0.3) is 0 Å². The van der Waals surface area contributed by atoms with Gasteiger partial charge in [-0.25, -0.2) is 0 Å². The van der Waals surface area contributed by atoms with E-state index in [1.54, 1.807) is 0 Å². The van der Waals surface area contributed by atoms with Crippen molar-refractivity contribution in [3.63, 3.8) is 0 Å². The summed E-state index contributed by atoms with van der Waals surface area (Å²) in [6, 6.07) is 0.